The van der Waals surface area contributed by atoms with Gasteiger partial charge in [-0.15, -0.1) is 0 Å². The van der Waals surface area contributed by atoms with E-state index in [1.165, 1.54) is 6.26 Å². The van der Waals surface area contributed by atoms with Gasteiger partial charge < -0.3 is 15.5 Å². The van der Waals surface area contributed by atoms with Gasteiger partial charge in [0.15, 0.2) is 0 Å². The fourth-order valence-electron chi connectivity index (χ4n) is 1.53. The molecule has 0 fully saturated rings. The maximum Gasteiger partial charge on any atom is 0.260 e. The third-order valence-corrected chi connectivity index (χ3v) is 2.44. The van der Waals surface area contributed by atoms with Crippen LogP contribution in [0.3, 0.4) is 0 Å². The largest absolute Gasteiger partial charge is 0.469 e. The highest BCUT2D eigenvalue weighted by molar-refractivity contribution is 6.04. The number of nitrogens with zero attached hydrogens (tertiary/aromatic N) is 1. The molecule has 0 aromatic carbocycles. The summed E-state index contributed by atoms with van der Waals surface area (Å²) >= 11 is 0. The van der Waals surface area contributed by atoms with Gasteiger partial charge in [-0.05, 0) is 25.1 Å². The lowest BCUT2D eigenvalue weighted by molar-refractivity contribution is 0.102. The van der Waals surface area contributed by atoms with Crippen LogP contribution in [0.2, 0.25) is 0 Å². The molecule has 2 heterocycles. The molecule has 0 aliphatic rings. The Labute approximate surface area is 110 Å². The van der Waals surface area contributed by atoms with E-state index in [0.717, 1.165) is 5.56 Å². The Bertz CT molecular complexity index is 650. The van der Waals surface area contributed by atoms with Crippen LogP contribution in [-0.2, 0) is 0 Å². The number of carbonyl (C=O) groups is 1. The second kappa shape index (κ2) is 5.85. The van der Waals surface area contributed by atoms with Crippen molar-refractivity contribution in [1.29, 1.82) is 0 Å². The molecule has 19 heavy (non-hydrogen) atoms. The van der Waals surface area contributed by atoms with Gasteiger partial charge >= 0.3 is 0 Å². The molecule has 2 aromatic heterocycles. The normalized spacial score (nSPS) is 9.58. The SMILES string of the molecule is Cc1occc1C(=O)Nc1cc(C#CCN)ccn1. The number of aryl methyl sites for hydroxylation is 1. The van der Waals surface area contributed by atoms with Crippen LogP contribution in [0.5, 0.6) is 0 Å². The maximum absolute atomic E-state index is 12.0. The molecule has 0 aliphatic heterocycles. The topological polar surface area (TPSA) is 81.2 Å². The van der Waals surface area contributed by atoms with E-state index in [1.807, 2.05) is 0 Å². The highest BCUT2D eigenvalue weighted by Crippen LogP contribution is 2.12. The number of nitrogens with one attached hydrogen (secondary N) is 1. The number of anilines is 1. The fraction of sp³-hybridized carbons (Fsp3) is 0.143. The molecule has 5 heteroatoms. The molecule has 2 aromatic rings. The molecule has 96 valence electrons. The van der Waals surface area contributed by atoms with Crippen molar-refractivity contribution >= 4 is 11.7 Å². The lowest BCUT2D eigenvalue weighted by atomic mass is 10.2. The standard InChI is InChI=1S/C14H13N3O2/c1-10-12(5-8-19-10)14(18)17-13-9-11(3-2-6-15)4-7-16-13/h4-5,7-9H,6,15H2,1H3,(H,16,17,18). The van der Waals surface area contributed by atoms with Gasteiger partial charge in [0.1, 0.15) is 11.6 Å². The molecule has 3 N–H and O–H groups in total. The number of hydrogen-bond donors (Lipinski definition) is 2. The Morgan fingerprint density at radius 3 is 3.05 bits per heavy atom. The number of furan rings is 1. The molecule has 2 rings (SSSR count). The first kappa shape index (κ1) is 12.9. The van der Waals surface area contributed by atoms with Crippen LogP contribution in [-0.4, -0.2) is 17.4 Å². The Balaban J connectivity index is 2.15. The highest BCUT2D eigenvalue weighted by atomic mass is 16.3. The number of carbonyl (C=O) groups excluding carboxylic acids is 1. The molecule has 0 spiro atoms. The summed E-state index contributed by atoms with van der Waals surface area (Å²) in [4.78, 5) is 16.0. The van der Waals surface area contributed by atoms with Crippen molar-refractivity contribution in [3.05, 3.63) is 47.5 Å². The first-order chi connectivity index (χ1) is 9.20. The average molecular weight is 255 g/mol. The molecule has 0 bridgehead atoms. The van der Waals surface area contributed by atoms with Crippen LogP contribution in [0.15, 0.2) is 35.1 Å². The molecule has 0 atom stereocenters. The summed E-state index contributed by atoms with van der Waals surface area (Å²) in [5.41, 5.74) is 6.54. The summed E-state index contributed by atoms with van der Waals surface area (Å²) in [5, 5.41) is 2.69. The minimum Gasteiger partial charge on any atom is -0.469 e. The van der Waals surface area contributed by atoms with Gasteiger partial charge in [0.2, 0.25) is 0 Å². The molecule has 0 unspecified atom stereocenters. The van der Waals surface area contributed by atoms with Crippen LogP contribution in [0.1, 0.15) is 21.7 Å². The lowest BCUT2D eigenvalue weighted by Crippen LogP contribution is -2.13. The van der Waals surface area contributed by atoms with Gasteiger partial charge in [-0.1, -0.05) is 11.8 Å². The third-order valence-electron chi connectivity index (χ3n) is 2.44. The van der Waals surface area contributed by atoms with Crippen molar-refractivity contribution in [2.45, 2.75) is 6.92 Å². The summed E-state index contributed by atoms with van der Waals surface area (Å²) < 4.78 is 5.08. The van der Waals surface area contributed by atoms with Crippen molar-refractivity contribution in [2.24, 2.45) is 5.73 Å². The van der Waals surface area contributed by atoms with Gasteiger partial charge in [0, 0.05) is 11.8 Å². The highest BCUT2D eigenvalue weighted by Gasteiger charge is 2.11. The van der Waals surface area contributed by atoms with Crippen LogP contribution in [0, 0.1) is 18.8 Å². The van der Waals surface area contributed by atoms with E-state index in [4.69, 9.17) is 10.2 Å². The predicted octanol–water partition coefficient (Wildman–Crippen LogP) is 1.55. The molecular weight excluding hydrogens is 242 g/mol. The van der Waals surface area contributed by atoms with Gasteiger partial charge in [-0.25, -0.2) is 4.98 Å². The smallest absolute Gasteiger partial charge is 0.260 e. The molecule has 0 radical (unpaired) electrons. The monoisotopic (exact) mass is 255 g/mol. The van der Waals surface area contributed by atoms with E-state index >= 15 is 0 Å². The quantitative estimate of drug-likeness (QED) is 0.798. The van der Waals surface area contributed by atoms with Crippen molar-refractivity contribution in [2.75, 3.05) is 11.9 Å². The Hall–Kier alpha value is -2.58. The maximum atomic E-state index is 12.0. The summed E-state index contributed by atoms with van der Waals surface area (Å²) in [6.07, 6.45) is 3.05. The summed E-state index contributed by atoms with van der Waals surface area (Å²) in [6.45, 7) is 2.02. The summed E-state index contributed by atoms with van der Waals surface area (Å²) in [5.74, 6) is 6.37. The third kappa shape index (κ3) is 3.21. The summed E-state index contributed by atoms with van der Waals surface area (Å²) in [6, 6.07) is 5.06. The van der Waals surface area contributed by atoms with Gasteiger partial charge in [0.25, 0.3) is 5.91 Å². The molecule has 0 saturated carbocycles. The van der Waals surface area contributed by atoms with Crippen molar-refractivity contribution < 1.29 is 9.21 Å². The number of nitrogens with two attached hydrogens (primary N) is 1. The first-order valence-corrected chi connectivity index (χ1v) is 5.71. The Morgan fingerprint density at radius 2 is 2.37 bits per heavy atom. The second-order valence-electron chi connectivity index (χ2n) is 3.78. The second-order valence-corrected chi connectivity index (χ2v) is 3.78. The molecule has 0 saturated heterocycles. The van der Waals surface area contributed by atoms with Gasteiger partial charge in [-0.2, -0.15) is 0 Å². The molecule has 1 amide bonds. The van der Waals surface area contributed by atoms with Gasteiger partial charge in [-0.3, -0.25) is 4.79 Å². The number of hydrogen-bond acceptors (Lipinski definition) is 4. The predicted molar refractivity (Wildman–Crippen MR) is 71.6 cm³/mol. The zero-order chi connectivity index (χ0) is 13.7. The first-order valence-electron chi connectivity index (χ1n) is 5.71. The van der Waals surface area contributed by atoms with Crippen molar-refractivity contribution in [3.63, 3.8) is 0 Å². The fourth-order valence-corrected chi connectivity index (χ4v) is 1.53. The van der Waals surface area contributed by atoms with E-state index in [2.05, 4.69) is 22.1 Å². The molecular formula is C14H13N3O2. The number of rotatable bonds is 2. The van der Waals surface area contributed by atoms with E-state index in [1.54, 1.807) is 31.3 Å². The van der Waals surface area contributed by atoms with Crippen molar-refractivity contribution in [3.8, 4) is 11.8 Å². The van der Waals surface area contributed by atoms with E-state index in [0.29, 0.717) is 17.1 Å². The van der Waals surface area contributed by atoms with Crippen molar-refractivity contribution in [1.82, 2.24) is 4.98 Å². The Kier molecular flexibility index (Phi) is 3.96. The number of amides is 1. The van der Waals surface area contributed by atoms with Crippen LogP contribution in [0.25, 0.3) is 0 Å². The van der Waals surface area contributed by atoms with E-state index in [-0.39, 0.29) is 12.5 Å². The lowest BCUT2D eigenvalue weighted by Gasteiger charge is -2.03. The van der Waals surface area contributed by atoms with Crippen LogP contribution < -0.4 is 11.1 Å². The zero-order valence-electron chi connectivity index (χ0n) is 10.4. The number of pyridine rings is 1. The van der Waals surface area contributed by atoms with E-state index in [9.17, 15) is 4.79 Å². The molecule has 0 aliphatic carbocycles. The van der Waals surface area contributed by atoms with Gasteiger partial charge in [0.05, 0.1) is 18.4 Å². The summed E-state index contributed by atoms with van der Waals surface area (Å²) in [7, 11) is 0. The van der Waals surface area contributed by atoms with Crippen LogP contribution >= 0.6 is 0 Å². The minimum absolute atomic E-state index is 0.261. The zero-order valence-corrected chi connectivity index (χ0v) is 10.4. The van der Waals surface area contributed by atoms with Crippen LogP contribution in [0.4, 0.5) is 5.82 Å². The molecule has 5 nitrogen and oxygen atoms in total. The number of aromatic nitrogens is 1. The minimum atomic E-state index is -0.261. The Morgan fingerprint density at radius 1 is 1.53 bits per heavy atom. The average Bonchev–Trinajstić information content (AvgIpc) is 2.83. The van der Waals surface area contributed by atoms with E-state index < -0.39 is 0 Å².